The first kappa shape index (κ1) is 20.6. The van der Waals surface area contributed by atoms with Crippen LogP contribution in [0.3, 0.4) is 0 Å². The molecule has 0 unspecified atom stereocenters. The van der Waals surface area contributed by atoms with E-state index in [1.807, 2.05) is 12.2 Å². The predicted molar refractivity (Wildman–Crippen MR) is 73.2 cm³/mol. The first-order valence-corrected chi connectivity index (χ1v) is 6.68. The van der Waals surface area contributed by atoms with Crippen LogP contribution in [0.2, 0.25) is 0 Å². The molecule has 0 fully saturated rings. The fourth-order valence-corrected chi connectivity index (χ4v) is 0.385. The minimum atomic E-state index is -0.347. The van der Waals surface area contributed by atoms with Crippen molar-refractivity contribution < 1.29 is 23.8 Å². The van der Waals surface area contributed by atoms with E-state index in [1.54, 1.807) is 12.2 Å². The van der Waals surface area contributed by atoms with Gasteiger partial charge in [-0.3, -0.25) is 0 Å². The van der Waals surface area contributed by atoms with Crippen LogP contribution >= 0.6 is 7.92 Å². The number of hydrogen-bond acceptors (Lipinski definition) is 1. The van der Waals surface area contributed by atoms with Crippen molar-refractivity contribution in [3.8, 4) is 0 Å². The zero-order chi connectivity index (χ0) is 11.6. The Bertz CT molecular complexity index is 174. The van der Waals surface area contributed by atoms with E-state index in [1.165, 1.54) is 0 Å². The molecular formula is C11H24NOPW-2. The number of hydrogen-bond donors (Lipinski definition) is 0. The molecule has 2 nitrogen and oxygen atoms in total. The van der Waals surface area contributed by atoms with Gasteiger partial charge in [-0.25, -0.2) is 0 Å². The van der Waals surface area contributed by atoms with E-state index < -0.39 is 0 Å². The molecule has 0 bridgehead atoms. The maximum absolute atomic E-state index is 7.25. The Balaban J connectivity index is -0.0000000475. The first-order chi connectivity index (χ1) is 6.54. The summed E-state index contributed by atoms with van der Waals surface area (Å²) < 4.78 is 14.3. The molecule has 0 saturated heterocycles. The van der Waals surface area contributed by atoms with Crippen LogP contribution in [0.4, 0.5) is 0 Å². The number of nitrogens with zero attached hydrogens (tertiary/aromatic N) is 1. The van der Waals surface area contributed by atoms with Gasteiger partial charge in [0.05, 0.1) is 0 Å². The van der Waals surface area contributed by atoms with E-state index in [4.69, 9.17) is 13.2 Å². The summed E-state index contributed by atoms with van der Waals surface area (Å²) in [7, 11) is 0.120. The van der Waals surface area contributed by atoms with E-state index in [-0.39, 0.29) is 56.6 Å². The smallest absolute Gasteiger partial charge is 0.0461 e. The maximum Gasteiger partial charge on any atom is 0.0461 e. The van der Waals surface area contributed by atoms with Crippen LogP contribution in [-0.2, 0) is 21.1 Å². The standard InChI is InChI=1S/C6H8.C3H9P.2CH3.NO.W/c1-2-4-6-5-3-1;1-4(2)3;;;1-2;/h1-4H,5-6H2;1-3H3;2*1H3;;/q;;3*-1;/p+1/i5D,6D;;;;;/t5-,6+;;;;;. The van der Waals surface area contributed by atoms with Crippen molar-refractivity contribution in [3.63, 3.8) is 0 Å². The van der Waals surface area contributed by atoms with E-state index in [9.17, 15) is 0 Å². The molecule has 0 radical (unpaired) electrons. The van der Waals surface area contributed by atoms with Crippen LogP contribution in [0, 0.1) is 19.8 Å². The molecule has 0 amide bonds. The monoisotopic (exact) mass is 403 g/mol. The van der Waals surface area contributed by atoms with Gasteiger partial charge in [0.1, 0.15) is 0 Å². The van der Waals surface area contributed by atoms with Gasteiger partial charge in [0, 0.05) is 43.8 Å². The number of rotatable bonds is 0. The maximum atomic E-state index is 7.25. The molecule has 0 aromatic rings. The van der Waals surface area contributed by atoms with Crippen molar-refractivity contribution in [2.24, 2.45) is 0 Å². The first-order valence-electron chi connectivity index (χ1n) is 4.84. The van der Waals surface area contributed by atoms with Gasteiger partial charge in [-0.05, 0) is 20.7 Å². The Morgan fingerprint density at radius 1 is 1.07 bits per heavy atom. The molecule has 1 aliphatic carbocycles. The molecule has 1 aliphatic rings. The van der Waals surface area contributed by atoms with Gasteiger partial charge >= 0.3 is 0 Å². The fraction of sp³-hybridized carbons (Fsp3) is 0.455. The van der Waals surface area contributed by atoms with Crippen LogP contribution < -0.4 is 0 Å². The summed E-state index contributed by atoms with van der Waals surface area (Å²) in [5.41, 5.74) is 5.75. The van der Waals surface area contributed by atoms with Crippen LogP contribution in [0.1, 0.15) is 15.5 Å². The Labute approximate surface area is 114 Å². The summed E-state index contributed by atoms with van der Waals surface area (Å²) in [6.45, 7) is 6.81. The van der Waals surface area contributed by atoms with Crippen molar-refractivity contribution in [3.05, 3.63) is 49.7 Å². The van der Waals surface area contributed by atoms with Crippen LogP contribution in [0.5, 0.6) is 0 Å². The molecule has 92 valence electrons. The van der Waals surface area contributed by atoms with Gasteiger partial charge in [-0.1, -0.05) is 24.3 Å². The van der Waals surface area contributed by atoms with Gasteiger partial charge in [0.15, 0.2) is 0 Å². The van der Waals surface area contributed by atoms with Crippen molar-refractivity contribution >= 4 is 7.92 Å². The summed E-state index contributed by atoms with van der Waals surface area (Å²) in [6.07, 6.45) is 6.36. The Hall–Kier alpha value is 0.198. The average molecular weight is 403 g/mol. The molecule has 0 saturated carbocycles. The summed E-state index contributed by atoms with van der Waals surface area (Å²) in [6, 6.07) is 0. The zero-order valence-electron chi connectivity index (χ0n) is 12.2. The van der Waals surface area contributed by atoms with Crippen molar-refractivity contribution in [2.75, 3.05) is 20.0 Å². The van der Waals surface area contributed by atoms with Crippen molar-refractivity contribution in [1.82, 2.24) is 0 Å². The molecule has 1 rings (SSSR count). The minimum Gasteiger partial charge on any atom is -0.577 e. The summed E-state index contributed by atoms with van der Waals surface area (Å²) in [5.74, 6) is 0. The summed E-state index contributed by atoms with van der Waals surface area (Å²) in [5, 5.41) is 0. The SMILES string of the molecule is C[PH+](C)C.[2H][C@@H]1C=CC=C[C@@H]1[2H].[CH3-].[CH3-].[N-]=O.[W]. The molecule has 0 N–H and O–H groups in total. The average Bonchev–Trinajstić information content (AvgIpc) is 2.13. The van der Waals surface area contributed by atoms with Gasteiger partial charge in [-0.2, -0.15) is 0 Å². The van der Waals surface area contributed by atoms with Crippen LogP contribution in [0.15, 0.2) is 24.3 Å². The third-order valence-electron chi connectivity index (χ3n) is 0.667. The quantitative estimate of drug-likeness (QED) is 0.442. The van der Waals surface area contributed by atoms with Crippen LogP contribution in [-0.4, -0.2) is 20.0 Å². The van der Waals surface area contributed by atoms with E-state index >= 15 is 0 Å². The molecule has 0 aromatic heterocycles. The molecule has 15 heavy (non-hydrogen) atoms. The van der Waals surface area contributed by atoms with Gasteiger partial charge in [-0.15, -0.1) is 0 Å². The molecule has 4 heteroatoms. The molecule has 0 aliphatic heterocycles. The molecule has 0 spiro atoms. The van der Waals surface area contributed by atoms with E-state index in [0.29, 0.717) is 0 Å². The second-order valence-electron chi connectivity index (χ2n) is 2.65. The normalized spacial score (nSPS) is 21.9. The van der Waals surface area contributed by atoms with Crippen molar-refractivity contribution in [2.45, 2.75) is 12.8 Å². The van der Waals surface area contributed by atoms with Gasteiger partial charge in [0.25, 0.3) is 0 Å². The molecule has 0 aromatic carbocycles. The second-order valence-corrected chi connectivity index (χ2v) is 5.65. The van der Waals surface area contributed by atoms with Crippen LogP contribution in [0.25, 0.3) is 5.59 Å². The summed E-state index contributed by atoms with van der Waals surface area (Å²) >= 11 is 0. The molecule has 0 heterocycles. The number of allylic oxidation sites excluding steroid dienone is 4. The zero-order valence-corrected chi connectivity index (χ0v) is 14.2. The van der Waals surface area contributed by atoms with Gasteiger partial charge < -0.3 is 25.4 Å². The van der Waals surface area contributed by atoms with E-state index in [2.05, 4.69) is 20.0 Å². The Morgan fingerprint density at radius 2 is 1.27 bits per heavy atom. The fourth-order valence-electron chi connectivity index (χ4n) is 0.385. The third kappa shape index (κ3) is 55.0. The molecular weight excluding hydrogens is 377 g/mol. The van der Waals surface area contributed by atoms with E-state index in [0.717, 1.165) is 0 Å². The summed E-state index contributed by atoms with van der Waals surface area (Å²) in [4.78, 5) is 7.25. The minimum absolute atomic E-state index is 0. The second kappa shape index (κ2) is 29.2. The van der Waals surface area contributed by atoms with Crippen molar-refractivity contribution in [1.29, 1.82) is 0 Å². The Morgan fingerprint density at radius 3 is 1.40 bits per heavy atom. The predicted octanol–water partition coefficient (Wildman–Crippen LogP) is 4.20. The third-order valence-corrected chi connectivity index (χ3v) is 0.667. The Kier molecular flexibility index (Phi) is 40.1. The topological polar surface area (TPSA) is 39.4 Å². The molecule has 2 atom stereocenters. The largest absolute Gasteiger partial charge is 0.577 e. The number of nitroso groups, excluding NO2 is 1. The van der Waals surface area contributed by atoms with Gasteiger partial charge in [0.2, 0.25) is 0 Å².